The minimum atomic E-state index is -0.166. The fraction of sp³-hybridized carbons (Fsp3) is 0.160. The lowest BCUT2D eigenvalue weighted by Gasteiger charge is -2.13. The summed E-state index contributed by atoms with van der Waals surface area (Å²) >= 11 is 6.29. The molecule has 1 amide bonds. The fourth-order valence-corrected chi connectivity index (χ4v) is 3.14. The summed E-state index contributed by atoms with van der Waals surface area (Å²) in [5.74, 6) is 0.676. The Morgan fingerprint density at radius 1 is 0.966 bits per heavy atom. The first-order chi connectivity index (χ1) is 14.1. The molecule has 0 radical (unpaired) electrons. The lowest BCUT2D eigenvalue weighted by molar-refractivity contribution is -0.115. The predicted molar refractivity (Wildman–Crippen MR) is 120 cm³/mol. The maximum atomic E-state index is 12.9. The van der Waals surface area contributed by atoms with Gasteiger partial charge in [0.05, 0.1) is 6.54 Å². The van der Waals surface area contributed by atoms with Crippen molar-refractivity contribution in [3.05, 3.63) is 100 Å². The summed E-state index contributed by atoms with van der Waals surface area (Å²) in [6.45, 7) is 4.88. The third kappa shape index (κ3) is 5.49. The summed E-state index contributed by atoms with van der Waals surface area (Å²) in [6, 6.07) is 23.0. The van der Waals surface area contributed by atoms with Gasteiger partial charge in [0, 0.05) is 10.6 Å². The molecule has 3 nitrogen and oxygen atoms in total. The van der Waals surface area contributed by atoms with E-state index >= 15 is 0 Å². The first kappa shape index (κ1) is 20.7. The van der Waals surface area contributed by atoms with E-state index < -0.39 is 0 Å². The summed E-state index contributed by atoms with van der Waals surface area (Å²) in [4.78, 5) is 12.9. The Morgan fingerprint density at radius 3 is 2.45 bits per heavy atom. The van der Waals surface area contributed by atoms with E-state index in [-0.39, 0.29) is 5.91 Å². The van der Waals surface area contributed by atoms with Crippen molar-refractivity contribution in [3.63, 3.8) is 0 Å². The highest BCUT2D eigenvalue weighted by atomic mass is 35.5. The number of rotatable bonds is 7. The van der Waals surface area contributed by atoms with Crippen LogP contribution in [0, 0.1) is 13.8 Å². The average molecular weight is 406 g/mol. The molecule has 3 aromatic carbocycles. The molecule has 0 bridgehead atoms. The van der Waals surface area contributed by atoms with Crippen molar-refractivity contribution in [1.82, 2.24) is 5.32 Å². The van der Waals surface area contributed by atoms with Gasteiger partial charge < -0.3 is 10.1 Å². The van der Waals surface area contributed by atoms with Crippen molar-refractivity contribution in [3.8, 4) is 5.75 Å². The van der Waals surface area contributed by atoms with Crippen LogP contribution in [0.25, 0.3) is 11.6 Å². The van der Waals surface area contributed by atoms with Crippen LogP contribution in [0.4, 0.5) is 0 Å². The summed E-state index contributed by atoms with van der Waals surface area (Å²) in [5, 5.41) is 3.55. The van der Waals surface area contributed by atoms with Crippen LogP contribution in [-0.2, 0) is 4.79 Å². The maximum absolute atomic E-state index is 12.9. The fourth-order valence-electron chi connectivity index (χ4n) is 2.95. The number of carbonyl (C=O) groups excluding carboxylic acids is 1. The number of halogens is 1. The van der Waals surface area contributed by atoms with Gasteiger partial charge in [-0.15, -0.1) is 0 Å². The minimum Gasteiger partial charge on any atom is -0.491 e. The molecule has 148 valence electrons. The normalized spacial score (nSPS) is 11.2. The Labute approximate surface area is 177 Å². The number of ether oxygens (including phenoxy) is 1. The molecule has 3 rings (SSSR count). The molecule has 3 aromatic rings. The molecule has 0 aliphatic carbocycles. The first-order valence-electron chi connectivity index (χ1n) is 9.55. The smallest absolute Gasteiger partial charge is 0.252 e. The Balaban J connectivity index is 1.71. The highest BCUT2D eigenvalue weighted by Gasteiger charge is 2.13. The molecule has 0 aliphatic heterocycles. The van der Waals surface area contributed by atoms with Crippen molar-refractivity contribution >= 4 is 29.2 Å². The lowest BCUT2D eigenvalue weighted by atomic mass is 10.0. The SMILES string of the molecule is Cc1cccc(OCCNC(=O)/C(=C/c2ccccc2Cl)c2ccccc2)c1C. The molecule has 0 aromatic heterocycles. The number of nitrogens with one attached hydrogen (secondary N) is 1. The molecule has 0 fully saturated rings. The molecule has 4 heteroatoms. The second kappa shape index (κ2) is 9.94. The van der Waals surface area contributed by atoms with Crippen LogP contribution in [-0.4, -0.2) is 19.1 Å². The van der Waals surface area contributed by atoms with Gasteiger partial charge in [-0.1, -0.05) is 72.3 Å². The zero-order chi connectivity index (χ0) is 20.6. The number of hydrogen-bond acceptors (Lipinski definition) is 2. The third-order valence-electron chi connectivity index (χ3n) is 4.73. The Hall–Kier alpha value is -3.04. The van der Waals surface area contributed by atoms with Crippen LogP contribution in [0.2, 0.25) is 5.02 Å². The van der Waals surface area contributed by atoms with E-state index in [4.69, 9.17) is 16.3 Å². The molecule has 0 saturated carbocycles. The molecule has 0 heterocycles. The van der Waals surface area contributed by atoms with Crippen molar-refractivity contribution in [2.45, 2.75) is 13.8 Å². The first-order valence-corrected chi connectivity index (χ1v) is 9.93. The second-order valence-corrected chi connectivity index (χ2v) is 7.16. The number of benzene rings is 3. The van der Waals surface area contributed by atoms with E-state index in [0.29, 0.717) is 23.7 Å². The van der Waals surface area contributed by atoms with Gasteiger partial charge in [0.1, 0.15) is 12.4 Å². The van der Waals surface area contributed by atoms with Gasteiger partial charge in [0.2, 0.25) is 0 Å². The highest BCUT2D eigenvalue weighted by molar-refractivity contribution is 6.33. The largest absolute Gasteiger partial charge is 0.491 e. The number of aryl methyl sites for hydroxylation is 1. The number of hydrogen-bond donors (Lipinski definition) is 1. The van der Waals surface area contributed by atoms with Gasteiger partial charge in [-0.3, -0.25) is 4.79 Å². The molecule has 1 N–H and O–H groups in total. The van der Waals surface area contributed by atoms with Crippen LogP contribution in [0.15, 0.2) is 72.8 Å². The van der Waals surface area contributed by atoms with Gasteiger partial charge in [-0.05, 0) is 54.3 Å². The van der Waals surface area contributed by atoms with Crippen LogP contribution in [0.1, 0.15) is 22.3 Å². The molecule has 0 spiro atoms. The van der Waals surface area contributed by atoms with Crippen molar-refractivity contribution in [1.29, 1.82) is 0 Å². The lowest BCUT2D eigenvalue weighted by Crippen LogP contribution is -2.29. The Bertz CT molecular complexity index is 1010. The van der Waals surface area contributed by atoms with E-state index in [9.17, 15) is 4.79 Å². The predicted octanol–water partition coefficient (Wildman–Crippen LogP) is 5.69. The van der Waals surface area contributed by atoms with Crippen LogP contribution in [0.5, 0.6) is 5.75 Å². The van der Waals surface area contributed by atoms with Crippen molar-refractivity contribution in [2.24, 2.45) is 0 Å². The summed E-state index contributed by atoms with van der Waals surface area (Å²) in [5.41, 5.74) is 4.49. The second-order valence-electron chi connectivity index (χ2n) is 6.75. The van der Waals surface area contributed by atoms with Crippen molar-refractivity contribution < 1.29 is 9.53 Å². The summed E-state index contributed by atoms with van der Waals surface area (Å²) < 4.78 is 5.84. The quantitative estimate of drug-likeness (QED) is 0.311. The van der Waals surface area contributed by atoms with Crippen LogP contribution >= 0.6 is 11.6 Å². The zero-order valence-corrected chi connectivity index (χ0v) is 17.4. The maximum Gasteiger partial charge on any atom is 0.252 e. The molecule has 0 atom stereocenters. The number of carbonyl (C=O) groups is 1. The van der Waals surface area contributed by atoms with E-state index in [1.54, 1.807) is 0 Å². The van der Waals surface area contributed by atoms with Gasteiger partial charge in [-0.25, -0.2) is 0 Å². The van der Waals surface area contributed by atoms with Crippen LogP contribution < -0.4 is 10.1 Å². The highest BCUT2D eigenvalue weighted by Crippen LogP contribution is 2.23. The molecule has 0 saturated heterocycles. The van der Waals surface area contributed by atoms with Gasteiger partial charge in [0.15, 0.2) is 0 Å². The van der Waals surface area contributed by atoms with E-state index in [1.165, 1.54) is 5.56 Å². The Kier molecular flexibility index (Phi) is 7.09. The molecular formula is C25H24ClNO2. The van der Waals surface area contributed by atoms with E-state index in [1.807, 2.05) is 79.7 Å². The minimum absolute atomic E-state index is 0.166. The van der Waals surface area contributed by atoms with Gasteiger partial charge >= 0.3 is 0 Å². The average Bonchev–Trinajstić information content (AvgIpc) is 2.74. The summed E-state index contributed by atoms with van der Waals surface area (Å²) in [7, 11) is 0. The standard InChI is InChI=1S/C25H24ClNO2/c1-18-9-8-14-24(19(18)2)29-16-15-27-25(28)22(20-10-4-3-5-11-20)17-21-12-6-7-13-23(21)26/h3-14,17H,15-16H2,1-2H3,(H,27,28)/b22-17+. The van der Waals surface area contributed by atoms with Crippen LogP contribution in [0.3, 0.4) is 0 Å². The topological polar surface area (TPSA) is 38.3 Å². The Morgan fingerprint density at radius 2 is 1.69 bits per heavy atom. The summed E-state index contributed by atoms with van der Waals surface area (Å²) in [6.07, 6.45) is 1.82. The number of amides is 1. The third-order valence-corrected chi connectivity index (χ3v) is 5.08. The van der Waals surface area contributed by atoms with Gasteiger partial charge in [-0.2, -0.15) is 0 Å². The monoisotopic (exact) mass is 405 g/mol. The molecule has 29 heavy (non-hydrogen) atoms. The zero-order valence-electron chi connectivity index (χ0n) is 16.6. The van der Waals surface area contributed by atoms with Gasteiger partial charge in [0.25, 0.3) is 5.91 Å². The van der Waals surface area contributed by atoms with E-state index in [0.717, 1.165) is 22.4 Å². The molecular weight excluding hydrogens is 382 g/mol. The molecule has 0 unspecified atom stereocenters. The van der Waals surface area contributed by atoms with Crippen molar-refractivity contribution in [2.75, 3.05) is 13.2 Å². The van der Waals surface area contributed by atoms with E-state index in [2.05, 4.69) is 18.3 Å². The molecule has 0 aliphatic rings.